The summed E-state index contributed by atoms with van der Waals surface area (Å²) < 4.78 is 4.92. The molecule has 102 valence electrons. The molecule has 0 spiro atoms. The average Bonchev–Trinajstić information content (AvgIpc) is 2.27. The van der Waals surface area contributed by atoms with Crippen LogP contribution in [-0.2, 0) is 14.3 Å². The zero-order valence-electron chi connectivity index (χ0n) is 11.2. The van der Waals surface area contributed by atoms with Crippen molar-refractivity contribution in [3.63, 3.8) is 0 Å². The van der Waals surface area contributed by atoms with Crippen LogP contribution in [0.2, 0.25) is 0 Å². The number of hydrogen-bond acceptors (Lipinski definition) is 4. The fourth-order valence-electron chi connectivity index (χ4n) is 1.83. The molecule has 0 fully saturated rings. The summed E-state index contributed by atoms with van der Waals surface area (Å²) in [4.78, 5) is 22.4. The third-order valence-corrected chi connectivity index (χ3v) is 2.64. The summed E-state index contributed by atoms with van der Waals surface area (Å²) in [6, 6.07) is 2.10. The van der Waals surface area contributed by atoms with Crippen LogP contribution in [0.3, 0.4) is 0 Å². The Balaban J connectivity index is 4.75. The van der Waals surface area contributed by atoms with Gasteiger partial charge >= 0.3 is 11.9 Å². The second-order valence-corrected chi connectivity index (χ2v) is 4.66. The molecule has 1 unspecified atom stereocenters. The molecule has 0 aromatic heterocycles. The quantitative estimate of drug-likeness (QED) is 0.672. The summed E-state index contributed by atoms with van der Waals surface area (Å²) in [7, 11) is 0. The molecular formula is C13H21NO4. The van der Waals surface area contributed by atoms with E-state index in [4.69, 9.17) is 15.1 Å². The minimum absolute atomic E-state index is 0.125. The van der Waals surface area contributed by atoms with Gasteiger partial charge in [0.15, 0.2) is 0 Å². The zero-order valence-corrected chi connectivity index (χ0v) is 11.2. The number of carbonyl (C=O) groups excluding carboxylic acids is 1. The molecule has 18 heavy (non-hydrogen) atoms. The molecule has 0 aliphatic heterocycles. The van der Waals surface area contributed by atoms with Crippen molar-refractivity contribution >= 4 is 11.9 Å². The molecule has 1 N–H and O–H groups in total. The molecule has 0 heterocycles. The normalized spacial score (nSPS) is 13.7. The van der Waals surface area contributed by atoms with Crippen molar-refractivity contribution in [3.8, 4) is 6.07 Å². The third kappa shape index (κ3) is 6.24. The average molecular weight is 255 g/mol. The van der Waals surface area contributed by atoms with Gasteiger partial charge in [-0.3, -0.25) is 9.59 Å². The Hall–Kier alpha value is -1.57. The van der Waals surface area contributed by atoms with Crippen LogP contribution in [0.15, 0.2) is 0 Å². The van der Waals surface area contributed by atoms with Crippen LogP contribution >= 0.6 is 0 Å². The number of hydrogen-bond donors (Lipinski definition) is 1. The summed E-state index contributed by atoms with van der Waals surface area (Å²) in [6.07, 6.45) is 0.596. The fraction of sp³-hybridized carbons (Fsp3) is 0.769. The van der Waals surface area contributed by atoms with E-state index in [1.54, 1.807) is 6.92 Å². The van der Waals surface area contributed by atoms with Crippen LogP contribution in [0, 0.1) is 29.1 Å². The van der Waals surface area contributed by atoms with Gasteiger partial charge in [0.05, 0.1) is 24.5 Å². The smallest absolute Gasteiger partial charge is 0.310 e. The number of nitriles is 1. The van der Waals surface area contributed by atoms with Crippen molar-refractivity contribution in [1.29, 1.82) is 5.26 Å². The predicted octanol–water partition coefficient (Wildman–Crippen LogP) is 2.22. The van der Waals surface area contributed by atoms with Crippen LogP contribution in [0.4, 0.5) is 0 Å². The number of carboxylic acids is 1. The van der Waals surface area contributed by atoms with E-state index in [9.17, 15) is 9.59 Å². The number of carboxylic acid groups (broad SMARTS) is 1. The van der Waals surface area contributed by atoms with E-state index in [-0.39, 0.29) is 25.4 Å². The summed E-state index contributed by atoms with van der Waals surface area (Å²) in [5, 5.41) is 17.8. The van der Waals surface area contributed by atoms with Gasteiger partial charge in [-0.25, -0.2) is 0 Å². The number of aliphatic carboxylic acids is 1. The van der Waals surface area contributed by atoms with Gasteiger partial charge in [0, 0.05) is 6.42 Å². The van der Waals surface area contributed by atoms with E-state index < -0.39 is 23.8 Å². The van der Waals surface area contributed by atoms with Crippen LogP contribution < -0.4 is 0 Å². The van der Waals surface area contributed by atoms with Crippen molar-refractivity contribution in [2.24, 2.45) is 17.8 Å². The molecule has 0 amide bonds. The van der Waals surface area contributed by atoms with Crippen LogP contribution in [0.1, 0.15) is 40.0 Å². The van der Waals surface area contributed by atoms with Gasteiger partial charge in [-0.1, -0.05) is 13.8 Å². The maximum absolute atomic E-state index is 11.8. The largest absolute Gasteiger partial charge is 0.481 e. The summed E-state index contributed by atoms with van der Waals surface area (Å²) >= 11 is 0. The lowest BCUT2D eigenvalue weighted by Gasteiger charge is -2.21. The van der Waals surface area contributed by atoms with Crippen LogP contribution in [0.5, 0.6) is 0 Å². The SMILES string of the molecule is CCOC(=O)C(CCC(=O)O)[C@H](C#N)CC(C)C. The topological polar surface area (TPSA) is 87.4 Å². The first-order chi connectivity index (χ1) is 8.42. The van der Waals surface area contributed by atoms with E-state index in [0.29, 0.717) is 6.42 Å². The maximum Gasteiger partial charge on any atom is 0.310 e. The summed E-state index contributed by atoms with van der Waals surface area (Å²) in [5.74, 6) is -2.29. The Bertz CT molecular complexity index is 319. The van der Waals surface area contributed by atoms with E-state index in [2.05, 4.69) is 6.07 Å². The molecule has 2 atom stereocenters. The van der Waals surface area contributed by atoms with Gasteiger partial charge in [-0.05, 0) is 25.7 Å². The van der Waals surface area contributed by atoms with Crippen molar-refractivity contribution in [3.05, 3.63) is 0 Å². The summed E-state index contributed by atoms with van der Waals surface area (Å²) in [6.45, 7) is 5.85. The van der Waals surface area contributed by atoms with Crippen molar-refractivity contribution in [2.45, 2.75) is 40.0 Å². The third-order valence-electron chi connectivity index (χ3n) is 2.64. The lowest BCUT2D eigenvalue weighted by Crippen LogP contribution is -2.27. The highest BCUT2D eigenvalue weighted by molar-refractivity contribution is 5.74. The Kier molecular flexibility index (Phi) is 7.77. The van der Waals surface area contributed by atoms with Crippen LogP contribution in [0.25, 0.3) is 0 Å². The van der Waals surface area contributed by atoms with Crippen molar-refractivity contribution < 1.29 is 19.4 Å². The van der Waals surface area contributed by atoms with Gasteiger partial charge in [-0.15, -0.1) is 0 Å². The lowest BCUT2D eigenvalue weighted by atomic mass is 9.83. The molecule has 0 aromatic carbocycles. The van der Waals surface area contributed by atoms with E-state index >= 15 is 0 Å². The standard InChI is InChI=1S/C13H21NO4/c1-4-18-13(17)11(5-6-12(15)16)10(8-14)7-9(2)3/h9-11H,4-7H2,1-3H3,(H,15,16)/t10-,11?/m0/s1. The number of ether oxygens (including phenoxy) is 1. The maximum atomic E-state index is 11.8. The zero-order chi connectivity index (χ0) is 14.1. The second kappa shape index (κ2) is 8.51. The van der Waals surface area contributed by atoms with Gasteiger partial charge in [-0.2, -0.15) is 5.26 Å². The van der Waals surface area contributed by atoms with E-state index in [1.165, 1.54) is 0 Å². The van der Waals surface area contributed by atoms with E-state index in [1.807, 2.05) is 13.8 Å². The fourth-order valence-corrected chi connectivity index (χ4v) is 1.83. The molecule has 5 nitrogen and oxygen atoms in total. The second-order valence-electron chi connectivity index (χ2n) is 4.66. The molecule has 5 heteroatoms. The number of nitrogens with zero attached hydrogens (tertiary/aromatic N) is 1. The number of rotatable bonds is 8. The Morgan fingerprint density at radius 3 is 2.39 bits per heavy atom. The van der Waals surface area contributed by atoms with Crippen molar-refractivity contribution in [1.82, 2.24) is 0 Å². The summed E-state index contributed by atoms with van der Waals surface area (Å²) in [5.41, 5.74) is 0. The minimum atomic E-state index is -0.967. The highest BCUT2D eigenvalue weighted by Gasteiger charge is 2.30. The molecule has 0 aliphatic rings. The monoisotopic (exact) mass is 255 g/mol. The molecule has 0 aliphatic carbocycles. The lowest BCUT2D eigenvalue weighted by molar-refractivity contribution is -0.150. The number of esters is 1. The van der Waals surface area contributed by atoms with Gasteiger partial charge in [0.2, 0.25) is 0 Å². The molecule has 0 rings (SSSR count). The number of carbonyl (C=O) groups is 2. The molecule has 0 saturated carbocycles. The van der Waals surface area contributed by atoms with Crippen molar-refractivity contribution in [2.75, 3.05) is 6.61 Å². The first-order valence-corrected chi connectivity index (χ1v) is 6.20. The first-order valence-electron chi connectivity index (χ1n) is 6.20. The highest BCUT2D eigenvalue weighted by atomic mass is 16.5. The van der Waals surface area contributed by atoms with Crippen LogP contribution in [-0.4, -0.2) is 23.7 Å². The molecular weight excluding hydrogens is 234 g/mol. The van der Waals surface area contributed by atoms with Gasteiger partial charge < -0.3 is 9.84 Å². The Labute approximate surface area is 108 Å². The highest BCUT2D eigenvalue weighted by Crippen LogP contribution is 2.25. The minimum Gasteiger partial charge on any atom is -0.481 e. The van der Waals surface area contributed by atoms with Gasteiger partial charge in [0.25, 0.3) is 0 Å². The Morgan fingerprint density at radius 2 is 2.00 bits per heavy atom. The Morgan fingerprint density at radius 1 is 1.39 bits per heavy atom. The predicted molar refractivity (Wildman–Crippen MR) is 65.6 cm³/mol. The first kappa shape index (κ1) is 16.4. The van der Waals surface area contributed by atoms with E-state index in [0.717, 1.165) is 0 Å². The molecule has 0 aromatic rings. The molecule has 0 radical (unpaired) electrons. The molecule has 0 bridgehead atoms. The van der Waals surface area contributed by atoms with Gasteiger partial charge in [0.1, 0.15) is 0 Å². The molecule has 0 saturated heterocycles.